The van der Waals surface area contributed by atoms with E-state index >= 15 is 0 Å². The largest absolute Gasteiger partial charge is 0.488 e. The van der Waals surface area contributed by atoms with Crippen molar-refractivity contribution in [1.29, 1.82) is 5.26 Å². The monoisotopic (exact) mass is 340 g/mol. The quantitative estimate of drug-likeness (QED) is 0.686. The molecule has 1 aliphatic rings. The lowest BCUT2D eigenvalue weighted by molar-refractivity contribution is -0.0725. The van der Waals surface area contributed by atoms with Crippen LogP contribution in [0, 0.1) is 11.3 Å². The number of hydrogen-bond donors (Lipinski definition) is 3. The van der Waals surface area contributed by atoms with Crippen molar-refractivity contribution in [3.05, 3.63) is 23.8 Å². The molecule has 0 radical (unpaired) electrons. The number of nitrogens with zero attached hydrogens (tertiary/aromatic N) is 1. The molecule has 1 aromatic rings. The van der Waals surface area contributed by atoms with Crippen molar-refractivity contribution in [2.45, 2.75) is 24.9 Å². The van der Waals surface area contributed by atoms with Crippen LogP contribution in [0.25, 0.3) is 0 Å². The van der Waals surface area contributed by atoms with Crippen molar-refractivity contribution < 1.29 is 22.7 Å². The Kier molecular flexibility index (Phi) is 4.63. The molecule has 0 saturated heterocycles. The molecule has 23 heavy (non-hydrogen) atoms. The van der Waals surface area contributed by atoms with Crippen molar-refractivity contribution in [1.82, 2.24) is 0 Å². The standard InChI is InChI=1S/C13H16N4O5S/c14-7-9-10(17-23(16,19)20)3-1-4-11(9)21-8-13(5-2-6-13)22-12(15)18/h1,3-4,17H,2,5-6,8H2,(H2,15,18)(H2,16,19,20). The van der Waals surface area contributed by atoms with Gasteiger partial charge in [0.2, 0.25) is 0 Å². The van der Waals surface area contributed by atoms with Gasteiger partial charge in [-0.3, -0.25) is 4.72 Å². The van der Waals surface area contributed by atoms with Crippen LogP contribution in [0.15, 0.2) is 18.2 Å². The van der Waals surface area contributed by atoms with Crippen LogP contribution >= 0.6 is 0 Å². The second-order valence-corrected chi connectivity index (χ2v) is 6.48. The summed E-state index contributed by atoms with van der Waals surface area (Å²) in [4.78, 5) is 11.0. The molecule has 1 aromatic carbocycles. The molecule has 124 valence electrons. The minimum Gasteiger partial charge on any atom is -0.488 e. The van der Waals surface area contributed by atoms with E-state index in [-0.39, 0.29) is 23.6 Å². The van der Waals surface area contributed by atoms with E-state index in [0.29, 0.717) is 12.8 Å². The summed E-state index contributed by atoms with van der Waals surface area (Å²) in [6.45, 7) is 0.0173. The molecule has 1 fully saturated rings. The highest BCUT2D eigenvalue weighted by Crippen LogP contribution is 2.37. The molecular formula is C13H16N4O5S. The second kappa shape index (κ2) is 6.31. The number of hydrogen-bond acceptors (Lipinski definition) is 6. The third kappa shape index (κ3) is 4.24. The fourth-order valence-electron chi connectivity index (χ4n) is 2.27. The Labute approximate surface area is 133 Å². The first kappa shape index (κ1) is 16.9. The van der Waals surface area contributed by atoms with Gasteiger partial charge in [0.05, 0.1) is 5.69 Å². The van der Waals surface area contributed by atoms with Gasteiger partial charge in [-0.25, -0.2) is 9.93 Å². The number of carbonyl (C=O) groups is 1. The summed E-state index contributed by atoms with van der Waals surface area (Å²) in [5, 5.41) is 14.1. The van der Waals surface area contributed by atoms with Gasteiger partial charge < -0.3 is 15.2 Å². The van der Waals surface area contributed by atoms with Gasteiger partial charge in [-0.15, -0.1) is 0 Å². The number of nitrogens with one attached hydrogen (secondary N) is 1. The first-order valence-corrected chi connectivity index (χ1v) is 8.24. The Balaban J connectivity index is 2.18. The van der Waals surface area contributed by atoms with E-state index in [1.165, 1.54) is 18.2 Å². The van der Waals surface area contributed by atoms with Gasteiger partial charge >= 0.3 is 6.09 Å². The number of benzene rings is 1. The van der Waals surface area contributed by atoms with Crippen LogP contribution in [-0.2, 0) is 14.9 Å². The van der Waals surface area contributed by atoms with Crippen molar-refractivity contribution in [2.24, 2.45) is 10.9 Å². The molecule has 0 unspecified atom stereocenters. The van der Waals surface area contributed by atoms with E-state index in [1.807, 2.05) is 10.8 Å². The van der Waals surface area contributed by atoms with Crippen molar-refractivity contribution >= 4 is 22.0 Å². The molecule has 5 N–H and O–H groups in total. The van der Waals surface area contributed by atoms with E-state index in [1.54, 1.807) is 0 Å². The molecule has 0 bridgehead atoms. The van der Waals surface area contributed by atoms with Crippen LogP contribution < -0.4 is 20.3 Å². The number of primary amides is 1. The minimum absolute atomic E-state index is 0.00554. The summed E-state index contributed by atoms with van der Waals surface area (Å²) >= 11 is 0. The summed E-state index contributed by atoms with van der Waals surface area (Å²) in [6, 6.07) is 6.25. The molecule has 0 spiro atoms. The first-order valence-electron chi connectivity index (χ1n) is 6.70. The van der Waals surface area contributed by atoms with Crippen LogP contribution in [0.3, 0.4) is 0 Å². The molecule has 1 saturated carbocycles. The lowest BCUT2D eigenvalue weighted by atomic mass is 9.80. The molecule has 2 rings (SSSR count). The Morgan fingerprint density at radius 3 is 2.61 bits per heavy atom. The van der Waals surface area contributed by atoms with E-state index in [4.69, 9.17) is 20.3 Å². The van der Waals surface area contributed by atoms with Gasteiger partial charge in [-0.1, -0.05) is 6.07 Å². The van der Waals surface area contributed by atoms with Gasteiger partial charge in [0.25, 0.3) is 10.2 Å². The summed E-state index contributed by atoms with van der Waals surface area (Å²) in [5.74, 6) is 0.153. The highest BCUT2D eigenvalue weighted by molar-refractivity contribution is 7.90. The van der Waals surface area contributed by atoms with E-state index < -0.39 is 21.9 Å². The number of rotatable bonds is 6. The second-order valence-electron chi connectivity index (χ2n) is 5.18. The molecule has 0 heterocycles. The van der Waals surface area contributed by atoms with Crippen LogP contribution in [-0.4, -0.2) is 26.7 Å². The molecule has 1 aliphatic carbocycles. The van der Waals surface area contributed by atoms with Gasteiger partial charge in [0.1, 0.15) is 29.6 Å². The molecule has 1 amide bonds. The highest BCUT2D eigenvalue weighted by Gasteiger charge is 2.41. The van der Waals surface area contributed by atoms with Crippen LogP contribution in [0.5, 0.6) is 5.75 Å². The van der Waals surface area contributed by atoms with Crippen molar-refractivity contribution in [3.8, 4) is 11.8 Å². The summed E-state index contributed by atoms with van der Waals surface area (Å²) in [5.41, 5.74) is 4.23. The van der Waals surface area contributed by atoms with Gasteiger partial charge in [0, 0.05) is 0 Å². The normalized spacial score (nSPS) is 15.8. The Morgan fingerprint density at radius 2 is 2.13 bits per heavy atom. The number of ether oxygens (including phenoxy) is 2. The number of amides is 1. The van der Waals surface area contributed by atoms with Crippen LogP contribution in [0.1, 0.15) is 24.8 Å². The third-order valence-electron chi connectivity index (χ3n) is 3.46. The van der Waals surface area contributed by atoms with E-state index in [2.05, 4.69) is 0 Å². The summed E-state index contributed by atoms with van der Waals surface area (Å²) in [6.07, 6.45) is 1.19. The zero-order chi connectivity index (χ0) is 17.1. The maximum absolute atomic E-state index is 11.1. The molecule has 10 heteroatoms. The van der Waals surface area contributed by atoms with Crippen LogP contribution in [0.2, 0.25) is 0 Å². The molecule has 0 aliphatic heterocycles. The average molecular weight is 340 g/mol. The van der Waals surface area contributed by atoms with Crippen molar-refractivity contribution in [2.75, 3.05) is 11.3 Å². The fraction of sp³-hybridized carbons (Fsp3) is 0.385. The van der Waals surface area contributed by atoms with Crippen molar-refractivity contribution in [3.63, 3.8) is 0 Å². The Bertz CT molecular complexity index is 752. The molecule has 9 nitrogen and oxygen atoms in total. The lowest BCUT2D eigenvalue weighted by Crippen LogP contribution is -2.48. The van der Waals surface area contributed by atoms with E-state index in [0.717, 1.165) is 6.42 Å². The Morgan fingerprint density at radius 1 is 1.43 bits per heavy atom. The number of anilines is 1. The highest BCUT2D eigenvalue weighted by atomic mass is 32.2. The molecule has 0 aromatic heterocycles. The predicted molar refractivity (Wildman–Crippen MR) is 80.6 cm³/mol. The topological polar surface area (TPSA) is 158 Å². The van der Waals surface area contributed by atoms with Gasteiger partial charge in [-0.05, 0) is 31.4 Å². The predicted octanol–water partition coefficient (Wildman–Crippen LogP) is 0.570. The SMILES string of the molecule is N#Cc1c(NS(N)(=O)=O)cccc1OCC1(OC(N)=O)CCC1. The third-order valence-corrected chi connectivity index (χ3v) is 3.97. The number of nitrogens with two attached hydrogens (primary N) is 2. The maximum Gasteiger partial charge on any atom is 0.405 e. The lowest BCUT2D eigenvalue weighted by Gasteiger charge is -2.39. The average Bonchev–Trinajstić information content (AvgIpc) is 2.39. The zero-order valence-corrected chi connectivity index (χ0v) is 12.9. The maximum atomic E-state index is 11.1. The van der Waals surface area contributed by atoms with Gasteiger partial charge in [0.15, 0.2) is 0 Å². The van der Waals surface area contributed by atoms with E-state index in [9.17, 15) is 18.5 Å². The number of nitriles is 1. The summed E-state index contributed by atoms with van der Waals surface area (Å²) in [7, 11) is -4.02. The van der Waals surface area contributed by atoms with Crippen LogP contribution in [0.4, 0.5) is 10.5 Å². The molecular weight excluding hydrogens is 324 g/mol. The summed E-state index contributed by atoms with van der Waals surface area (Å²) < 4.78 is 34.9. The zero-order valence-electron chi connectivity index (χ0n) is 12.1. The minimum atomic E-state index is -4.02. The molecule has 0 atom stereocenters. The van der Waals surface area contributed by atoms with Gasteiger partial charge in [-0.2, -0.15) is 13.7 Å². The number of carbonyl (C=O) groups excluding carboxylic acids is 1. The fourth-order valence-corrected chi connectivity index (χ4v) is 2.75. The Hall–Kier alpha value is -2.51. The smallest absolute Gasteiger partial charge is 0.405 e. The first-order chi connectivity index (χ1) is 10.7.